The van der Waals surface area contributed by atoms with Gasteiger partial charge in [0, 0.05) is 25.6 Å². The third-order valence-corrected chi connectivity index (χ3v) is 3.64. The van der Waals surface area contributed by atoms with Crippen LogP contribution in [0.1, 0.15) is 39.5 Å². The highest BCUT2D eigenvalue weighted by atomic mass is 16.1. The van der Waals surface area contributed by atoms with Crippen molar-refractivity contribution >= 4 is 5.91 Å². The molecule has 1 heterocycles. The molecule has 0 aromatic rings. The first-order chi connectivity index (χ1) is 8.13. The lowest BCUT2D eigenvalue weighted by Gasteiger charge is -2.36. The Labute approximate surface area is 105 Å². The Balaban J connectivity index is 2.29. The van der Waals surface area contributed by atoms with Gasteiger partial charge in [-0.15, -0.1) is 0 Å². The van der Waals surface area contributed by atoms with Gasteiger partial charge in [-0.25, -0.2) is 0 Å². The number of hydrogen-bond donors (Lipinski definition) is 2. The van der Waals surface area contributed by atoms with Gasteiger partial charge >= 0.3 is 0 Å². The fraction of sp³-hybridized carbons (Fsp3) is 0.923. The Hall–Kier alpha value is -0.610. The van der Waals surface area contributed by atoms with Gasteiger partial charge < -0.3 is 16.0 Å². The summed E-state index contributed by atoms with van der Waals surface area (Å²) in [5.41, 5.74) is 5.19. The SMILES string of the molecule is CCCNC(C)C1CCCN(CCC(N)=O)C1. The van der Waals surface area contributed by atoms with E-state index in [0.29, 0.717) is 18.4 Å². The van der Waals surface area contributed by atoms with Crippen molar-refractivity contribution in [1.82, 2.24) is 10.2 Å². The Morgan fingerprint density at radius 1 is 1.59 bits per heavy atom. The minimum absolute atomic E-state index is 0.190. The molecule has 3 N–H and O–H groups in total. The minimum Gasteiger partial charge on any atom is -0.370 e. The summed E-state index contributed by atoms with van der Waals surface area (Å²) >= 11 is 0. The Morgan fingerprint density at radius 3 is 3.00 bits per heavy atom. The van der Waals surface area contributed by atoms with Crippen LogP contribution in [0.5, 0.6) is 0 Å². The summed E-state index contributed by atoms with van der Waals surface area (Å²) in [6.07, 6.45) is 4.21. The molecule has 100 valence electrons. The van der Waals surface area contributed by atoms with Crippen molar-refractivity contribution in [1.29, 1.82) is 0 Å². The van der Waals surface area contributed by atoms with E-state index < -0.39 is 0 Å². The fourth-order valence-electron chi connectivity index (χ4n) is 2.51. The molecule has 0 saturated carbocycles. The van der Waals surface area contributed by atoms with Crippen LogP contribution in [0.15, 0.2) is 0 Å². The van der Waals surface area contributed by atoms with E-state index in [1.807, 2.05) is 0 Å². The zero-order chi connectivity index (χ0) is 12.7. The molecule has 0 aromatic carbocycles. The topological polar surface area (TPSA) is 58.4 Å². The van der Waals surface area contributed by atoms with E-state index in [-0.39, 0.29) is 5.91 Å². The van der Waals surface area contributed by atoms with Crippen LogP contribution in [0.3, 0.4) is 0 Å². The van der Waals surface area contributed by atoms with Crippen molar-refractivity contribution < 1.29 is 4.79 Å². The van der Waals surface area contributed by atoms with Gasteiger partial charge in [0.15, 0.2) is 0 Å². The lowest BCUT2D eigenvalue weighted by atomic mass is 9.91. The van der Waals surface area contributed by atoms with Crippen LogP contribution in [-0.4, -0.2) is 43.0 Å². The molecule has 1 rings (SSSR count). The average Bonchev–Trinajstić information content (AvgIpc) is 2.33. The van der Waals surface area contributed by atoms with Gasteiger partial charge in [-0.05, 0) is 45.2 Å². The molecule has 4 nitrogen and oxygen atoms in total. The number of nitrogens with two attached hydrogens (primary N) is 1. The van der Waals surface area contributed by atoms with Crippen LogP contribution in [-0.2, 0) is 4.79 Å². The van der Waals surface area contributed by atoms with Crippen LogP contribution < -0.4 is 11.1 Å². The molecule has 0 aliphatic carbocycles. The Kier molecular flexibility index (Phi) is 6.52. The zero-order valence-corrected chi connectivity index (χ0v) is 11.2. The third-order valence-electron chi connectivity index (χ3n) is 3.64. The minimum atomic E-state index is -0.190. The van der Waals surface area contributed by atoms with Crippen molar-refractivity contribution in [3.8, 4) is 0 Å². The maximum Gasteiger partial charge on any atom is 0.218 e. The van der Waals surface area contributed by atoms with E-state index in [9.17, 15) is 4.79 Å². The molecule has 2 atom stereocenters. The first-order valence-corrected chi connectivity index (χ1v) is 6.87. The zero-order valence-electron chi connectivity index (χ0n) is 11.2. The number of nitrogens with one attached hydrogen (secondary N) is 1. The predicted octanol–water partition coefficient (Wildman–Crippen LogP) is 0.962. The second-order valence-corrected chi connectivity index (χ2v) is 5.16. The number of nitrogens with zero attached hydrogens (tertiary/aromatic N) is 1. The monoisotopic (exact) mass is 241 g/mol. The Morgan fingerprint density at radius 2 is 2.35 bits per heavy atom. The van der Waals surface area contributed by atoms with Crippen LogP contribution in [0.2, 0.25) is 0 Å². The Bertz CT molecular complexity index is 233. The van der Waals surface area contributed by atoms with Gasteiger partial charge in [-0.3, -0.25) is 4.79 Å². The summed E-state index contributed by atoms with van der Waals surface area (Å²) in [7, 11) is 0. The summed E-state index contributed by atoms with van der Waals surface area (Å²) in [6.45, 7) is 8.61. The molecule has 1 saturated heterocycles. The highest BCUT2D eigenvalue weighted by Gasteiger charge is 2.24. The van der Waals surface area contributed by atoms with Gasteiger partial charge in [-0.1, -0.05) is 6.92 Å². The molecule has 0 spiro atoms. The van der Waals surface area contributed by atoms with Gasteiger partial charge in [-0.2, -0.15) is 0 Å². The van der Waals surface area contributed by atoms with E-state index in [1.54, 1.807) is 0 Å². The summed E-state index contributed by atoms with van der Waals surface area (Å²) in [5.74, 6) is 0.521. The molecular formula is C13H27N3O. The van der Waals surface area contributed by atoms with Crippen LogP contribution in [0.4, 0.5) is 0 Å². The highest BCUT2D eigenvalue weighted by molar-refractivity contribution is 5.73. The van der Waals surface area contributed by atoms with Crippen molar-refractivity contribution in [3.63, 3.8) is 0 Å². The van der Waals surface area contributed by atoms with Crippen molar-refractivity contribution in [2.24, 2.45) is 11.7 Å². The smallest absolute Gasteiger partial charge is 0.218 e. The first-order valence-electron chi connectivity index (χ1n) is 6.87. The molecule has 1 fully saturated rings. The van der Waals surface area contributed by atoms with Gasteiger partial charge in [0.2, 0.25) is 5.91 Å². The number of likely N-dealkylation sites (tertiary alicyclic amines) is 1. The predicted molar refractivity (Wildman–Crippen MR) is 70.7 cm³/mol. The maximum atomic E-state index is 10.8. The average molecular weight is 241 g/mol. The summed E-state index contributed by atoms with van der Waals surface area (Å²) in [6, 6.07) is 0.575. The lowest BCUT2D eigenvalue weighted by Crippen LogP contribution is -2.45. The normalized spacial score (nSPS) is 23.5. The van der Waals surface area contributed by atoms with E-state index in [4.69, 9.17) is 5.73 Å². The van der Waals surface area contributed by atoms with E-state index in [1.165, 1.54) is 19.3 Å². The second kappa shape index (κ2) is 7.67. The molecule has 1 amide bonds. The standard InChI is InChI=1S/C13H27N3O/c1-3-7-15-11(2)12-5-4-8-16(10-12)9-6-13(14)17/h11-12,15H,3-10H2,1-2H3,(H2,14,17). The van der Waals surface area contributed by atoms with Crippen molar-refractivity contribution in [2.45, 2.75) is 45.6 Å². The molecule has 2 unspecified atom stereocenters. The van der Waals surface area contributed by atoms with Gasteiger partial charge in [0.05, 0.1) is 0 Å². The number of hydrogen-bond acceptors (Lipinski definition) is 3. The van der Waals surface area contributed by atoms with Crippen molar-refractivity contribution in [3.05, 3.63) is 0 Å². The van der Waals surface area contributed by atoms with Crippen LogP contribution >= 0.6 is 0 Å². The lowest BCUT2D eigenvalue weighted by molar-refractivity contribution is -0.118. The molecule has 0 radical (unpaired) electrons. The van der Waals surface area contributed by atoms with Crippen LogP contribution in [0.25, 0.3) is 0 Å². The number of carbonyl (C=O) groups excluding carboxylic acids is 1. The molecule has 4 heteroatoms. The van der Waals surface area contributed by atoms with E-state index in [2.05, 4.69) is 24.1 Å². The molecule has 0 aromatic heterocycles. The quantitative estimate of drug-likeness (QED) is 0.698. The molecule has 1 aliphatic rings. The number of carbonyl (C=O) groups is 1. The fourth-order valence-corrected chi connectivity index (χ4v) is 2.51. The summed E-state index contributed by atoms with van der Waals surface area (Å²) in [4.78, 5) is 13.2. The molecule has 1 aliphatic heterocycles. The molecule has 17 heavy (non-hydrogen) atoms. The number of rotatable bonds is 7. The number of amides is 1. The molecule has 0 bridgehead atoms. The maximum absolute atomic E-state index is 10.8. The molecular weight excluding hydrogens is 214 g/mol. The number of piperidine rings is 1. The van der Waals surface area contributed by atoms with Crippen molar-refractivity contribution in [2.75, 3.05) is 26.2 Å². The largest absolute Gasteiger partial charge is 0.370 e. The highest BCUT2D eigenvalue weighted by Crippen LogP contribution is 2.19. The second-order valence-electron chi connectivity index (χ2n) is 5.16. The van der Waals surface area contributed by atoms with Crippen LogP contribution in [0, 0.1) is 5.92 Å². The summed E-state index contributed by atoms with van der Waals surface area (Å²) in [5, 5.41) is 3.57. The third kappa shape index (κ3) is 5.50. The van der Waals surface area contributed by atoms with E-state index >= 15 is 0 Å². The number of primary amides is 1. The first kappa shape index (κ1) is 14.5. The summed E-state index contributed by atoms with van der Waals surface area (Å²) < 4.78 is 0. The van der Waals surface area contributed by atoms with Gasteiger partial charge in [0.1, 0.15) is 0 Å². The van der Waals surface area contributed by atoms with Gasteiger partial charge in [0.25, 0.3) is 0 Å². The van der Waals surface area contributed by atoms with E-state index in [0.717, 1.165) is 26.2 Å².